The largest absolute Gasteiger partial charge is 0.480 e. The van der Waals surface area contributed by atoms with Gasteiger partial charge in [-0.15, -0.1) is 0 Å². The van der Waals surface area contributed by atoms with Crippen LogP contribution in [0, 0.1) is 0 Å². The number of ether oxygens (including phenoxy) is 1. The van der Waals surface area contributed by atoms with E-state index < -0.39 is 29.7 Å². The smallest absolute Gasteiger partial charge is 0.407 e. The number of carbonyl (C=O) groups excluding carboxylic acids is 1. The first-order valence-electron chi connectivity index (χ1n) is 9.20. The molecule has 1 amide bonds. The van der Waals surface area contributed by atoms with Crippen molar-refractivity contribution in [3.8, 4) is 0 Å². The van der Waals surface area contributed by atoms with Crippen LogP contribution in [0.15, 0.2) is 36.5 Å². The molecule has 2 atom stereocenters. The minimum absolute atomic E-state index is 0.0340. The molecule has 3 rings (SSSR count). The van der Waals surface area contributed by atoms with Crippen LogP contribution in [0.25, 0.3) is 0 Å². The van der Waals surface area contributed by atoms with Gasteiger partial charge in [0.2, 0.25) is 5.28 Å². The van der Waals surface area contributed by atoms with Gasteiger partial charge in [0.1, 0.15) is 17.5 Å². The Hall–Kier alpha value is -2.87. The van der Waals surface area contributed by atoms with Crippen molar-refractivity contribution in [1.82, 2.24) is 15.3 Å². The average molecular weight is 419 g/mol. The number of halogens is 1. The Kier molecular flexibility index (Phi) is 5.93. The zero-order valence-electron chi connectivity index (χ0n) is 16.4. The van der Waals surface area contributed by atoms with Gasteiger partial charge in [0.15, 0.2) is 0 Å². The van der Waals surface area contributed by atoms with Crippen molar-refractivity contribution in [3.05, 3.63) is 52.9 Å². The molecule has 0 saturated heterocycles. The summed E-state index contributed by atoms with van der Waals surface area (Å²) >= 11 is 5.98. The van der Waals surface area contributed by atoms with Crippen molar-refractivity contribution in [2.24, 2.45) is 0 Å². The van der Waals surface area contributed by atoms with Crippen molar-refractivity contribution >= 4 is 29.5 Å². The molecule has 1 aromatic heterocycles. The van der Waals surface area contributed by atoms with Crippen molar-refractivity contribution in [2.75, 3.05) is 11.4 Å². The topological polar surface area (TPSA) is 105 Å². The fraction of sp³-hybridized carbons (Fsp3) is 0.400. The van der Waals surface area contributed by atoms with Gasteiger partial charge in [-0.2, -0.15) is 0 Å². The molecule has 8 nitrogen and oxygen atoms in total. The van der Waals surface area contributed by atoms with Crippen LogP contribution in [-0.2, 0) is 16.0 Å². The Bertz CT molecular complexity index is 901. The number of anilines is 1. The van der Waals surface area contributed by atoms with Gasteiger partial charge < -0.3 is 20.1 Å². The molecule has 1 aliphatic heterocycles. The Morgan fingerprint density at radius 3 is 2.66 bits per heavy atom. The SMILES string of the molecule is CC(C)(C)OC(=O)NC[C@H](c1ccccc1)N1c2nc(Cl)ncc2CC1C(=O)O. The third kappa shape index (κ3) is 4.95. The van der Waals surface area contributed by atoms with Gasteiger partial charge in [-0.3, -0.25) is 0 Å². The number of amides is 1. The van der Waals surface area contributed by atoms with E-state index in [1.165, 1.54) is 0 Å². The minimum atomic E-state index is -0.989. The average Bonchev–Trinajstić information content (AvgIpc) is 3.00. The quantitative estimate of drug-likeness (QED) is 0.718. The zero-order chi connectivity index (χ0) is 21.2. The van der Waals surface area contributed by atoms with E-state index in [0.29, 0.717) is 11.4 Å². The molecule has 0 aliphatic carbocycles. The second kappa shape index (κ2) is 8.24. The summed E-state index contributed by atoms with van der Waals surface area (Å²) in [6, 6.07) is 7.99. The molecule has 2 N–H and O–H groups in total. The molecule has 9 heteroatoms. The normalized spacial score (nSPS) is 16.8. The number of alkyl carbamates (subject to hydrolysis) is 1. The van der Waals surface area contributed by atoms with Crippen molar-refractivity contribution in [3.63, 3.8) is 0 Å². The number of benzene rings is 1. The number of nitrogens with one attached hydrogen (secondary N) is 1. The number of rotatable bonds is 5. The van der Waals surface area contributed by atoms with E-state index in [2.05, 4.69) is 15.3 Å². The highest BCUT2D eigenvalue weighted by molar-refractivity contribution is 6.28. The molecule has 0 saturated carbocycles. The maximum atomic E-state index is 12.2. The van der Waals surface area contributed by atoms with Crippen LogP contribution in [0.3, 0.4) is 0 Å². The van der Waals surface area contributed by atoms with Gasteiger partial charge >= 0.3 is 12.1 Å². The predicted molar refractivity (Wildman–Crippen MR) is 108 cm³/mol. The van der Waals surface area contributed by atoms with E-state index in [0.717, 1.165) is 5.56 Å². The molecule has 2 heterocycles. The van der Waals surface area contributed by atoms with Gasteiger partial charge in [-0.05, 0) is 37.9 Å². The second-order valence-electron chi connectivity index (χ2n) is 7.76. The highest BCUT2D eigenvalue weighted by Gasteiger charge is 2.41. The van der Waals surface area contributed by atoms with E-state index in [1.54, 1.807) is 31.9 Å². The maximum absolute atomic E-state index is 12.2. The molecule has 0 spiro atoms. The summed E-state index contributed by atoms with van der Waals surface area (Å²) in [4.78, 5) is 34.1. The maximum Gasteiger partial charge on any atom is 0.407 e. The van der Waals surface area contributed by atoms with Crippen molar-refractivity contribution < 1.29 is 19.4 Å². The molecular weight excluding hydrogens is 396 g/mol. The van der Waals surface area contributed by atoms with Gasteiger partial charge in [0, 0.05) is 24.7 Å². The summed E-state index contributed by atoms with van der Waals surface area (Å²) in [6.07, 6.45) is 1.21. The Labute approximate surface area is 173 Å². The first-order chi connectivity index (χ1) is 13.7. The van der Waals surface area contributed by atoms with Gasteiger partial charge in [-0.25, -0.2) is 19.6 Å². The number of carbonyl (C=O) groups is 2. The van der Waals surface area contributed by atoms with Gasteiger partial charge in [0.25, 0.3) is 0 Å². The van der Waals surface area contributed by atoms with E-state index in [-0.39, 0.29) is 18.2 Å². The summed E-state index contributed by atoms with van der Waals surface area (Å²) < 4.78 is 5.32. The summed E-state index contributed by atoms with van der Waals surface area (Å²) in [7, 11) is 0. The Morgan fingerprint density at radius 2 is 2.03 bits per heavy atom. The second-order valence-corrected chi connectivity index (χ2v) is 8.10. The minimum Gasteiger partial charge on any atom is -0.480 e. The lowest BCUT2D eigenvalue weighted by Crippen LogP contribution is -2.46. The zero-order valence-corrected chi connectivity index (χ0v) is 17.2. The van der Waals surface area contributed by atoms with E-state index in [4.69, 9.17) is 16.3 Å². The van der Waals surface area contributed by atoms with E-state index >= 15 is 0 Å². The molecule has 154 valence electrons. The first-order valence-corrected chi connectivity index (χ1v) is 9.58. The van der Waals surface area contributed by atoms with Crippen LogP contribution >= 0.6 is 11.6 Å². The van der Waals surface area contributed by atoms with Crippen LogP contribution in [-0.4, -0.2) is 45.3 Å². The van der Waals surface area contributed by atoms with Crippen molar-refractivity contribution in [2.45, 2.75) is 44.9 Å². The molecule has 1 aromatic carbocycles. The summed E-state index contributed by atoms with van der Waals surface area (Å²) in [5.74, 6) is -0.533. The fourth-order valence-corrected chi connectivity index (χ4v) is 3.44. The lowest BCUT2D eigenvalue weighted by atomic mass is 10.0. The summed E-state index contributed by atoms with van der Waals surface area (Å²) in [5, 5.41) is 12.6. The third-order valence-electron chi connectivity index (χ3n) is 4.45. The Balaban J connectivity index is 1.96. The molecular formula is C20H23ClN4O4. The lowest BCUT2D eigenvalue weighted by Gasteiger charge is -2.33. The first kappa shape index (κ1) is 20.9. The molecule has 0 radical (unpaired) electrons. The molecule has 0 fully saturated rings. The highest BCUT2D eigenvalue weighted by atomic mass is 35.5. The molecule has 29 heavy (non-hydrogen) atoms. The monoisotopic (exact) mass is 418 g/mol. The third-order valence-corrected chi connectivity index (χ3v) is 4.63. The van der Waals surface area contributed by atoms with Crippen LogP contribution in [0.2, 0.25) is 5.28 Å². The van der Waals surface area contributed by atoms with Crippen LogP contribution in [0.5, 0.6) is 0 Å². The van der Waals surface area contributed by atoms with Gasteiger partial charge in [0.05, 0.1) is 6.04 Å². The lowest BCUT2D eigenvalue weighted by molar-refractivity contribution is -0.138. The van der Waals surface area contributed by atoms with Crippen LogP contribution in [0.4, 0.5) is 10.6 Å². The van der Waals surface area contributed by atoms with Crippen LogP contribution < -0.4 is 10.2 Å². The Morgan fingerprint density at radius 1 is 1.34 bits per heavy atom. The number of aliphatic carboxylic acids is 1. The number of nitrogens with zero attached hydrogens (tertiary/aromatic N) is 3. The number of hydrogen-bond donors (Lipinski definition) is 2. The van der Waals surface area contributed by atoms with Crippen molar-refractivity contribution in [1.29, 1.82) is 0 Å². The number of aromatic nitrogens is 2. The summed E-state index contributed by atoms with van der Waals surface area (Å²) in [5.41, 5.74) is 0.883. The molecule has 1 unspecified atom stereocenters. The molecule has 2 aromatic rings. The van der Waals surface area contributed by atoms with Gasteiger partial charge in [-0.1, -0.05) is 30.3 Å². The molecule has 1 aliphatic rings. The highest BCUT2D eigenvalue weighted by Crippen LogP contribution is 2.37. The standard InChI is InChI=1S/C20H23ClN4O4/c1-20(2,3)29-19(28)23-11-15(12-7-5-4-6-8-12)25-14(17(26)27)9-13-10-22-18(21)24-16(13)25/h4-8,10,14-15H,9,11H2,1-3H3,(H,23,28)(H,26,27)/t14?,15-/m1/s1. The summed E-state index contributed by atoms with van der Waals surface area (Å²) in [6.45, 7) is 5.45. The van der Waals surface area contributed by atoms with E-state index in [1.807, 2.05) is 30.3 Å². The predicted octanol–water partition coefficient (Wildman–Crippen LogP) is 3.21. The fourth-order valence-electron chi connectivity index (χ4n) is 3.32. The van der Waals surface area contributed by atoms with Crippen LogP contribution in [0.1, 0.15) is 37.9 Å². The molecule has 0 bridgehead atoms. The number of fused-ring (bicyclic) bond motifs is 1. The van der Waals surface area contributed by atoms with E-state index in [9.17, 15) is 14.7 Å². The number of carboxylic acids is 1. The number of carboxylic acid groups (broad SMARTS) is 1. The number of hydrogen-bond acceptors (Lipinski definition) is 6.